The van der Waals surface area contributed by atoms with Gasteiger partial charge in [0.2, 0.25) is 11.6 Å². The van der Waals surface area contributed by atoms with Crippen molar-refractivity contribution in [3.8, 4) is 0 Å². The molecule has 0 atom stereocenters. The number of hydrogen-bond donors (Lipinski definition) is 2. The third-order valence-corrected chi connectivity index (χ3v) is 2.62. The average molecular weight is 247 g/mol. The molecule has 1 heterocycles. The second-order valence-corrected chi connectivity index (χ2v) is 3.90. The summed E-state index contributed by atoms with van der Waals surface area (Å²) in [6, 6.07) is 7.00. The van der Waals surface area contributed by atoms with E-state index in [-0.39, 0.29) is 5.82 Å². The SMILES string of the molecule is Cc1nc([N+](=O)[O-])c(Nc2cccc(N)c2)n1C. The van der Waals surface area contributed by atoms with Crippen LogP contribution in [0.25, 0.3) is 0 Å². The van der Waals surface area contributed by atoms with E-state index in [2.05, 4.69) is 10.3 Å². The van der Waals surface area contributed by atoms with E-state index in [9.17, 15) is 10.1 Å². The lowest BCUT2D eigenvalue weighted by Gasteiger charge is -2.07. The molecule has 2 aromatic rings. The summed E-state index contributed by atoms with van der Waals surface area (Å²) in [5.74, 6) is 0.702. The minimum Gasteiger partial charge on any atom is -0.399 e. The molecule has 0 spiro atoms. The molecular weight excluding hydrogens is 234 g/mol. The van der Waals surface area contributed by atoms with Crippen molar-refractivity contribution in [2.45, 2.75) is 6.92 Å². The highest BCUT2D eigenvalue weighted by molar-refractivity contribution is 5.66. The Morgan fingerprint density at radius 1 is 1.50 bits per heavy atom. The van der Waals surface area contributed by atoms with Gasteiger partial charge < -0.3 is 21.2 Å². The Morgan fingerprint density at radius 2 is 2.22 bits per heavy atom. The van der Waals surface area contributed by atoms with Crippen molar-refractivity contribution >= 4 is 23.0 Å². The Hall–Kier alpha value is -2.57. The maximum absolute atomic E-state index is 10.9. The lowest BCUT2D eigenvalue weighted by Crippen LogP contribution is -2.01. The van der Waals surface area contributed by atoms with Gasteiger partial charge in [-0.2, -0.15) is 0 Å². The molecule has 7 heteroatoms. The van der Waals surface area contributed by atoms with Gasteiger partial charge in [-0.05, 0) is 28.1 Å². The molecule has 0 aliphatic carbocycles. The van der Waals surface area contributed by atoms with Crippen LogP contribution in [0, 0.1) is 17.0 Å². The molecule has 0 saturated heterocycles. The average Bonchev–Trinajstić information content (AvgIpc) is 2.57. The van der Waals surface area contributed by atoms with Gasteiger partial charge in [0.15, 0.2) is 0 Å². The monoisotopic (exact) mass is 247 g/mol. The molecule has 0 amide bonds. The smallest absolute Gasteiger partial charge is 0.399 e. The molecule has 0 bridgehead atoms. The number of nitro groups is 1. The van der Waals surface area contributed by atoms with E-state index < -0.39 is 4.92 Å². The van der Waals surface area contributed by atoms with E-state index in [4.69, 9.17) is 5.73 Å². The van der Waals surface area contributed by atoms with E-state index in [0.717, 1.165) is 0 Å². The molecule has 1 aromatic heterocycles. The number of anilines is 3. The number of nitrogens with zero attached hydrogens (tertiary/aromatic N) is 3. The van der Waals surface area contributed by atoms with Gasteiger partial charge in [0.1, 0.15) is 0 Å². The van der Waals surface area contributed by atoms with Gasteiger partial charge in [0.25, 0.3) is 0 Å². The number of hydrogen-bond acceptors (Lipinski definition) is 5. The standard InChI is InChI=1S/C11H13N5O2/c1-7-13-11(16(17)18)10(15(7)2)14-9-5-3-4-8(12)6-9/h3-6,14H,12H2,1-2H3. The van der Waals surface area contributed by atoms with Crippen LogP contribution in [0.1, 0.15) is 5.82 Å². The number of imidazole rings is 1. The Morgan fingerprint density at radius 3 is 2.83 bits per heavy atom. The van der Waals surface area contributed by atoms with Crippen LogP contribution in [-0.4, -0.2) is 14.5 Å². The van der Waals surface area contributed by atoms with Crippen LogP contribution in [0.15, 0.2) is 24.3 Å². The van der Waals surface area contributed by atoms with Crippen molar-refractivity contribution in [2.24, 2.45) is 7.05 Å². The molecule has 1 aromatic carbocycles. The maximum Gasteiger partial charge on any atom is 0.407 e. The zero-order valence-corrected chi connectivity index (χ0v) is 10.0. The minimum absolute atomic E-state index is 0.197. The largest absolute Gasteiger partial charge is 0.407 e. The number of rotatable bonds is 3. The third-order valence-electron chi connectivity index (χ3n) is 2.62. The number of aromatic nitrogens is 2. The van der Waals surface area contributed by atoms with Crippen LogP contribution in [0.3, 0.4) is 0 Å². The second kappa shape index (κ2) is 4.36. The van der Waals surface area contributed by atoms with Crippen molar-refractivity contribution in [1.29, 1.82) is 0 Å². The van der Waals surface area contributed by atoms with E-state index in [1.54, 1.807) is 42.8 Å². The first-order valence-corrected chi connectivity index (χ1v) is 5.29. The summed E-state index contributed by atoms with van der Waals surface area (Å²) in [4.78, 5) is 14.3. The van der Waals surface area contributed by atoms with Crippen molar-refractivity contribution in [3.05, 3.63) is 40.2 Å². The second-order valence-electron chi connectivity index (χ2n) is 3.90. The molecule has 18 heavy (non-hydrogen) atoms. The minimum atomic E-state index is -0.512. The van der Waals surface area contributed by atoms with Gasteiger partial charge in [-0.3, -0.25) is 4.57 Å². The van der Waals surface area contributed by atoms with Crippen LogP contribution in [0.2, 0.25) is 0 Å². The molecule has 2 rings (SSSR count). The lowest BCUT2D eigenvalue weighted by atomic mass is 10.3. The lowest BCUT2D eigenvalue weighted by molar-refractivity contribution is -0.388. The van der Waals surface area contributed by atoms with Crippen LogP contribution in [0.4, 0.5) is 23.0 Å². The molecule has 0 aliphatic heterocycles. The summed E-state index contributed by atoms with van der Waals surface area (Å²) in [6.45, 7) is 1.71. The molecule has 0 radical (unpaired) electrons. The van der Waals surface area contributed by atoms with Crippen molar-refractivity contribution in [1.82, 2.24) is 9.55 Å². The summed E-state index contributed by atoms with van der Waals surface area (Å²) in [5.41, 5.74) is 6.92. The van der Waals surface area contributed by atoms with Gasteiger partial charge in [-0.1, -0.05) is 6.07 Å². The van der Waals surface area contributed by atoms with Gasteiger partial charge >= 0.3 is 5.82 Å². The molecule has 0 fully saturated rings. The summed E-state index contributed by atoms with van der Waals surface area (Å²) < 4.78 is 1.63. The van der Waals surface area contributed by atoms with Crippen LogP contribution < -0.4 is 11.1 Å². The Bertz CT molecular complexity index is 605. The molecular formula is C11H13N5O2. The number of nitrogens with one attached hydrogen (secondary N) is 1. The van der Waals surface area contributed by atoms with Crippen LogP contribution in [-0.2, 0) is 7.05 Å². The Balaban J connectivity index is 2.42. The molecule has 94 valence electrons. The third kappa shape index (κ3) is 2.10. The fraction of sp³-hybridized carbons (Fsp3) is 0.182. The van der Waals surface area contributed by atoms with Gasteiger partial charge in [-0.25, -0.2) is 0 Å². The number of benzene rings is 1. The number of nitrogens with two attached hydrogens (primary N) is 1. The summed E-state index contributed by atoms with van der Waals surface area (Å²) in [5, 5.41) is 13.9. The highest BCUT2D eigenvalue weighted by Crippen LogP contribution is 2.27. The van der Waals surface area contributed by atoms with E-state index in [0.29, 0.717) is 23.0 Å². The first kappa shape index (κ1) is 11.9. The van der Waals surface area contributed by atoms with Gasteiger partial charge in [0.05, 0.1) is 0 Å². The normalized spacial score (nSPS) is 10.3. The molecule has 0 unspecified atom stereocenters. The number of nitrogen functional groups attached to an aromatic ring is 1. The van der Waals surface area contributed by atoms with E-state index in [1.807, 2.05) is 0 Å². The Labute approximate surface area is 103 Å². The maximum atomic E-state index is 10.9. The Kier molecular flexibility index (Phi) is 2.88. The number of aryl methyl sites for hydroxylation is 1. The first-order chi connectivity index (χ1) is 8.49. The van der Waals surface area contributed by atoms with Crippen molar-refractivity contribution in [3.63, 3.8) is 0 Å². The zero-order chi connectivity index (χ0) is 13.3. The highest BCUT2D eigenvalue weighted by Gasteiger charge is 2.23. The van der Waals surface area contributed by atoms with Crippen molar-refractivity contribution < 1.29 is 4.92 Å². The predicted octanol–water partition coefficient (Wildman–Crippen LogP) is 1.96. The van der Waals surface area contributed by atoms with E-state index in [1.165, 1.54) is 0 Å². The summed E-state index contributed by atoms with van der Waals surface area (Å²) >= 11 is 0. The highest BCUT2D eigenvalue weighted by atomic mass is 16.6. The fourth-order valence-electron chi connectivity index (χ4n) is 1.61. The fourth-order valence-corrected chi connectivity index (χ4v) is 1.61. The first-order valence-electron chi connectivity index (χ1n) is 5.29. The van der Waals surface area contributed by atoms with E-state index >= 15 is 0 Å². The topological polar surface area (TPSA) is 99.0 Å². The molecule has 3 N–H and O–H groups in total. The summed E-state index contributed by atoms with van der Waals surface area (Å²) in [7, 11) is 1.71. The summed E-state index contributed by atoms with van der Waals surface area (Å²) in [6.07, 6.45) is 0. The molecule has 0 saturated carbocycles. The van der Waals surface area contributed by atoms with Crippen LogP contribution in [0.5, 0.6) is 0 Å². The van der Waals surface area contributed by atoms with Gasteiger partial charge in [-0.15, -0.1) is 0 Å². The zero-order valence-electron chi connectivity index (χ0n) is 10.0. The predicted molar refractivity (Wildman–Crippen MR) is 68.7 cm³/mol. The van der Waals surface area contributed by atoms with Crippen molar-refractivity contribution in [2.75, 3.05) is 11.1 Å². The quantitative estimate of drug-likeness (QED) is 0.490. The van der Waals surface area contributed by atoms with Crippen LogP contribution >= 0.6 is 0 Å². The van der Waals surface area contributed by atoms with Gasteiger partial charge in [0, 0.05) is 25.3 Å². The molecule has 7 nitrogen and oxygen atoms in total. The molecule has 0 aliphatic rings.